The number of anilines is 1. The van der Waals surface area contributed by atoms with Crippen molar-refractivity contribution >= 4 is 40.7 Å². The molecule has 8 nitrogen and oxygen atoms in total. The van der Waals surface area contributed by atoms with Crippen LogP contribution >= 0.6 is 23.4 Å². The molecule has 1 amide bonds. The van der Waals surface area contributed by atoms with Gasteiger partial charge in [-0.25, -0.2) is 9.50 Å². The number of amides is 1. The molecule has 0 bridgehead atoms. The maximum atomic E-state index is 12.2. The first-order valence-corrected chi connectivity index (χ1v) is 8.48. The number of methoxy groups -OCH3 is 2. The van der Waals surface area contributed by atoms with Gasteiger partial charge >= 0.3 is 0 Å². The van der Waals surface area contributed by atoms with Gasteiger partial charge in [-0.05, 0) is 6.07 Å². The quantitative estimate of drug-likeness (QED) is 0.658. The Balaban J connectivity index is 1.68. The van der Waals surface area contributed by atoms with Gasteiger partial charge in [0.25, 0.3) is 5.78 Å². The number of thioether (sulfide) groups is 1. The zero-order chi connectivity index (χ0) is 17.8. The van der Waals surface area contributed by atoms with Crippen molar-refractivity contribution in [2.24, 2.45) is 0 Å². The number of nitrogens with one attached hydrogen (secondary N) is 1. The van der Waals surface area contributed by atoms with E-state index in [2.05, 4.69) is 20.4 Å². The second kappa shape index (κ2) is 7.58. The molecule has 0 unspecified atom stereocenters. The van der Waals surface area contributed by atoms with Crippen LogP contribution in [-0.2, 0) is 4.79 Å². The van der Waals surface area contributed by atoms with Crippen molar-refractivity contribution in [3.63, 3.8) is 0 Å². The van der Waals surface area contributed by atoms with Crippen LogP contribution in [0.4, 0.5) is 5.69 Å². The Kier molecular flexibility index (Phi) is 5.25. The predicted octanol–water partition coefficient (Wildman–Crippen LogP) is 2.53. The molecule has 25 heavy (non-hydrogen) atoms. The van der Waals surface area contributed by atoms with E-state index in [1.54, 1.807) is 35.1 Å². The molecule has 0 saturated carbocycles. The van der Waals surface area contributed by atoms with Gasteiger partial charge in [0.1, 0.15) is 11.5 Å². The number of fused-ring (bicyclic) bond motifs is 1. The predicted molar refractivity (Wildman–Crippen MR) is 94.7 cm³/mol. The summed E-state index contributed by atoms with van der Waals surface area (Å²) < 4.78 is 11.9. The molecule has 2 heterocycles. The molecule has 0 fully saturated rings. The summed E-state index contributed by atoms with van der Waals surface area (Å²) in [6.45, 7) is 0. The molecule has 10 heteroatoms. The average molecular weight is 380 g/mol. The van der Waals surface area contributed by atoms with Gasteiger partial charge in [0.05, 0.1) is 30.7 Å². The standard InChI is InChI=1S/C15H14ClN5O3S/c1-23-11-7-10(12(24-2)6-9(11)16)18-13(22)8-25-15-19-14-17-4-3-5-21(14)20-15/h3-7H,8H2,1-2H3,(H,18,22). The van der Waals surface area contributed by atoms with Gasteiger partial charge in [-0.15, -0.1) is 5.10 Å². The summed E-state index contributed by atoms with van der Waals surface area (Å²) in [7, 11) is 2.99. The Hall–Kier alpha value is -2.52. The number of hydrogen-bond donors (Lipinski definition) is 1. The maximum Gasteiger partial charge on any atom is 0.253 e. The minimum Gasteiger partial charge on any atom is -0.495 e. The van der Waals surface area contributed by atoms with Gasteiger partial charge in [0.15, 0.2) is 0 Å². The number of hydrogen-bond acceptors (Lipinski definition) is 7. The van der Waals surface area contributed by atoms with Crippen molar-refractivity contribution in [3.05, 3.63) is 35.6 Å². The molecule has 0 aliphatic rings. The normalized spacial score (nSPS) is 10.7. The lowest BCUT2D eigenvalue weighted by Gasteiger charge is -2.12. The minimum atomic E-state index is -0.237. The fourth-order valence-electron chi connectivity index (χ4n) is 2.05. The van der Waals surface area contributed by atoms with Crippen molar-refractivity contribution < 1.29 is 14.3 Å². The molecule has 0 saturated heterocycles. The molecule has 3 rings (SSSR count). The summed E-state index contributed by atoms with van der Waals surface area (Å²) in [6.07, 6.45) is 3.37. The van der Waals surface area contributed by atoms with Crippen LogP contribution in [0.25, 0.3) is 5.78 Å². The van der Waals surface area contributed by atoms with E-state index in [4.69, 9.17) is 21.1 Å². The summed E-state index contributed by atoms with van der Waals surface area (Å²) >= 11 is 7.26. The first-order chi connectivity index (χ1) is 12.1. The molecule has 0 radical (unpaired) electrons. The Morgan fingerprint density at radius 2 is 2.12 bits per heavy atom. The Bertz CT molecular complexity index is 884. The van der Waals surface area contributed by atoms with E-state index >= 15 is 0 Å². The van der Waals surface area contributed by atoms with Crippen LogP contribution in [0.2, 0.25) is 5.02 Å². The van der Waals surface area contributed by atoms with E-state index in [1.165, 1.54) is 26.0 Å². The van der Waals surface area contributed by atoms with Crippen LogP contribution < -0.4 is 14.8 Å². The van der Waals surface area contributed by atoms with E-state index in [0.717, 1.165) is 0 Å². The third-order valence-electron chi connectivity index (χ3n) is 3.18. The zero-order valence-corrected chi connectivity index (χ0v) is 15.0. The summed E-state index contributed by atoms with van der Waals surface area (Å²) in [6, 6.07) is 4.94. The molecule has 0 aliphatic carbocycles. The first-order valence-electron chi connectivity index (χ1n) is 7.12. The summed E-state index contributed by atoms with van der Waals surface area (Å²) in [5.74, 6) is 1.26. The highest BCUT2D eigenvalue weighted by Crippen LogP contribution is 2.35. The fourth-order valence-corrected chi connectivity index (χ4v) is 2.90. The molecule has 130 valence electrons. The van der Waals surface area contributed by atoms with E-state index in [9.17, 15) is 4.79 Å². The molecule has 1 aromatic carbocycles. The van der Waals surface area contributed by atoms with Crippen molar-refractivity contribution in [1.29, 1.82) is 0 Å². The topological polar surface area (TPSA) is 90.6 Å². The number of rotatable bonds is 6. The average Bonchev–Trinajstić information content (AvgIpc) is 3.04. The van der Waals surface area contributed by atoms with Crippen molar-refractivity contribution in [3.8, 4) is 11.5 Å². The summed E-state index contributed by atoms with van der Waals surface area (Å²) in [5, 5.41) is 7.86. The smallest absolute Gasteiger partial charge is 0.253 e. The Morgan fingerprint density at radius 1 is 1.32 bits per heavy atom. The van der Waals surface area contributed by atoms with Gasteiger partial charge in [-0.2, -0.15) is 4.98 Å². The highest BCUT2D eigenvalue weighted by Gasteiger charge is 2.14. The SMILES string of the molecule is COc1cc(NC(=O)CSc2nc3ncccn3n2)c(OC)cc1Cl. The van der Waals surface area contributed by atoms with Gasteiger partial charge in [-0.1, -0.05) is 23.4 Å². The molecule has 3 aromatic rings. The minimum absolute atomic E-state index is 0.130. The third kappa shape index (κ3) is 3.94. The van der Waals surface area contributed by atoms with Crippen molar-refractivity contribution in [2.45, 2.75) is 5.16 Å². The van der Waals surface area contributed by atoms with Gasteiger partial charge in [0, 0.05) is 24.5 Å². The molecule has 0 atom stereocenters. The monoisotopic (exact) mass is 379 g/mol. The van der Waals surface area contributed by atoms with Crippen LogP contribution in [-0.4, -0.2) is 45.5 Å². The largest absolute Gasteiger partial charge is 0.495 e. The summed E-state index contributed by atoms with van der Waals surface area (Å²) in [5.41, 5.74) is 0.471. The third-order valence-corrected chi connectivity index (χ3v) is 4.31. The highest BCUT2D eigenvalue weighted by molar-refractivity contribution is 7.99. The fraction of sp³-hybridized carbons (Fsp3) is 0.200. The Labute approximate surface area is 152 Å². The molecule has 0 aliphatic heterocycles. The van der Waals surface area contributed by atoms with E-state index in [1.807, 2.05) is 0 Å². The van der Waals surface area contributed by atoms with E-state index in [-0.39, 0.29) is 11.7 Å². The number of carbonyl (C=O) groups excluding carboxylic acids is 1. The van der Waals surface area contributed by atoms with Crippen LogP contribution in [0.1, 0.15) is 0 Å². The van der Waals surface area contributed by atoms with Gasteiger partial charge < -0.3 is 14.8 Å². The number of benzene rings is 1. The van der Waals surface area contributed by atoms with Gasteiger partial charge in [0.2, 0.25) is 11.1 Å². The van der Waals surface area contributed by atoms with Crippen LogP contribution in [0.5, 0.6) is 11.5 Å². The Morgan fingerprint density at radius 3 is 2.84 bits per heavy atom. The van der Waals surface area contributed by atoms with E-state index in [0.29, 0.717) is 33.1 Å². The number of ether oxygens (including phenoxy) is 2. The molecule has 2 aromatic heterocycles. The van der Waals surface area contributed by atoms with E-state index < -0.39 is 0 Å². The number of halogens is 1. The van der Waals surface area contributed by atoms with Crippen LogP contribution in [0.3, 0.4) is 0 Å². The second-order valence-electron chi connectivity index (χ2n) is 4.78. The number of nitrogens with zero attached hydrogens (tertiary/aromatic N) is 4. The molecular formula is C15H14ClN5O3S. The molecule has 0 spiro atoms. The molecule has 1 N–H and O–H groups in total. The van der Waals surface area contributed by atoms with Crippen molar-refractivity contribution in [2.75, 3.05) is 25.3 Å². The summed E-state index contributed by atoms with van der Waals surface area (Å²) in [4.78, 5) is 20.5. The van der Waals surface area contributed by atoms with Crippen LogP contribution in [0.15, 0.2) is 35.7 Å². The number of carbonyl (C=O) groups is 1. The second-order valence-corrected chi connectivity index (χ2v) is 6.13. The zero-order valence-electron chi connectivity index (χ0n) is 13.4. The maximum absolute atomic E-state index is 12.2. The van der Waals surface area contributed by atoms with Crippen LogP contribution in [0, 0.1) is 0 Å². The van der Waals surface area contributed by atoms with Gasteiger partial charge in [-0.3, -0.25) is 4.79 Å². The lowest BCUT2D eigenvalue weighted by Crippen LogP contribution is -2.15. The molecular weight excluding hydrogens is 366 g/mol. The lowest BCUT2D eigenvalue weighted by atomic mass is 10.2. The number of aromatic nitrogens is 4. The highest BCUT2D eigenvalue weighted by atomic mass is 35.5. The lowest BCUT2D eigenvalue weighted by molar-refractivity contribution is -0.113. The van der Waals surface area contributed by atoms with Crippen molar-refractivity contribution in [1.82, 2.24) is 19.6 Å². The first kappa shape index (κ1) is 17.3.